The quantitative estimate of drug-likeness (QED) is 0.157. The molecule has 0 bridgehead atoms. The average Bonchev–Trinajstić information content (AvgIpc) is 3.07. The lowest BCUT2D eigenvalue weighted by molar-refractivity contribution is -0.130. The number of hydrogen-bond acceptors (Lipinski definition) is 6. The molecule has 0 radical (unpaired) electrons. The summed E-state index contributed by atoms with van der Waals surface area (Å²) in [6.45, 7) is 1.62. The number of likely N-dealkylation sites (N-methyl/N-ethyl adjacent to an activating group) is 1. The predicted molar refractivity (Wildman–Crippen MR) is 146 cm³/mol. The van der Waals surface area contributed by atoms with E-state index < -0.39 is 24.1 Å². The number of benzene rings is 3. The number of amides is 3. The minimum absolute atomic E-state index is 0.0211. The molecule has 39 heavy (non-hydrogen) atoms. The van der Waals surface area contributed by atoms with Crippen molar-refractivity contribution in [1.29, 1.82) is 0 Å². The van der Waals surface area contributed by atoms with Crippen LogP contribution in [0.25, 0.3) is 10.8 Å². The molecular weight excluding hydrogens is 502 g/mol. The third-order valence-corrected chi connectivity index (χ3v) is 7.16. The van der Waals surface area contributed by atoms with Gasteiger partial charge in [-0.25, -0.2) is 4.79 Å². The highest BCUT2D eigenvalue weighted by molar-refractivity contribution is 6.03. The van der Waals surface area contributed by atoms with E-state index in [9.17, 15) is 19.5 Å². The molecule has 0 spiro atoms. The number of hydrogen-bond donors (Lipinski definition) is 4. The van der Waals surface area contributed by atoms with E-state index in [-0.39, 0.29) is 18.3 Å². The van der Waals surface area contributed by atoms with E-state index in [0.717, 1.165) is 32.5 Å². The maximum absolute atomic E-state index is 14.0. The molecule has 3 amide bonds. The third-order valence-electron chi connectivity index (χ3n) is 7.16. The Morgan fingerprint density at radius 2 is 1.97 bits per heavy atom. The molecule has 5 N–H and O–H groups in total. The summed E-state index contributed by atoms with van der Waals surface area (Å²) in [6, 6.07) is 14.7. The van der Waals surface area contributed by atoms with Crippen molar-refractivity contribution in [3.63, 3.8) is 0 Å². The molecular formula is C28H31N5O6. The van der Waals surface area contributed by atoms with Crippen LogP contribution < -0.4 is 20.7 Å². The fourth-order valence-corrected chi connectivity index (χ4v) is 4.75. The van der Waals surface area contributed by atoms with Crippen LogP contribution in [0.1, 0.15) is 30.0 Å². The van der Waals surface area contributed by atoms with E-state index >= 15 is 0 Å². The van der Waals surface area contributed by atoms with E-state index in [0.29, 0.717) is 24.2 Å². The lowest BCUT2D eigenvalue weighted by Crippen LogP contribution is -2.53. The molecule has 3 aromatic rings. The van der Waals surface area contributed by atoms with Crippen LogP contribution in [-0.2, 0) is 22.6 Å². The second-order valence-corrected chi connectivity index (χ2v) is 9.39. The molecule has 0 unspecified atom stereocenters. The Morgan fingerprint density at radius 1 is 1.23 bits per heavy atom. The van der Waals surface area contributed by atoms with Crippen molar-refractivity contribution in [3.05, 3.63) is 71.3 Å². The van der Waals surface area contributed by atoms with Crippen molar-refractivity contribution in [2.75, 3.05) is 19.1 Å². The molecule has 0 aliphatic carbocycles. The van der Waals surface area contributed by atoms with E-state index in [4.69, 9.17) is 15.7 Å². The maximum Gasteiger partial charge on any atom is 0.407 e. The number of amidine groups is 1. The van der Waals surface area contributed by atoms with Gasteiger partial charge in [-0.1, -0.05) is 41.6 Å². The van der Waals surface area contributed by atoms with Crippen LogP contribution in [0.2, 0.25) is 0 Å². The molecule has 204 valence electrons. The van der Waals surface area contributed by atoms with Gasteiger partial charge in [-0.15, -0.1) is 0 Å². The number of nitrogens with one attached hydrogen (secondary N) is 1. The van der Waals surface area contributed by atoms with E-state index in [1.807, 2.05) is 36.4 Å². The highest BCUT2D eigenvalue weighted by atomic mass is 16.5. The molecule has 1 aliphatic heterocycles. The lowest BCUT2D eigenvalue weighted by Gasteiger charge is -2.29. The molecule has 1 heterocycles. The zero-order valence-corrected chi connectivity index (χ0v) is 21.9. The number of carbonyl (C=O) groups is 3. The average molecular weight is 534 g/mol. The fraction of sp³-hybridized carbons (Fsp3) is 0.286. The van der Waals surface area contributed by atoms with Gasteiger partial charge >= 0.3 is 6.09 Å². The Balaban J connectivity index is 1.74. The van der Waals surface area contributed by atoms with Crippen molar-refractivity contribution in [3.8, 4) is 5.75 Å². The molecule has 0 saturated heterocycles. The third kappa shape index (κ3) is 5.42. The van der Waals surface area contributed by atoms with Crippen molar-refractivity contribution in [2.24, 2.45) is 10.9 Å². The number of para-hydroxylation sites is 1. The van der Waals surface area contributed by atoms with Gasteiger partial charge in [0.05, 0.1) is 13.7 Å². The van der Waals surface area contributed by atoms with Crippen LogP contribution >= 0.6 is 0 Å². The summed E-state index contributed by atoms with van der Waals surface area (Å²) in [5, 5.41) is 25.8. The number of anilines is 1. The maximum atomic E-state index is 14.0. The van der Waals surface area contributed by atoms with Gasteiger partial charge < -0.3 is 31.0 Å². The fourth-order valence-electron chi connectivity index (χ4n) is 4.75. The normalized spacial score (nSPS) is 16.3. The predicted octanol–water partition coefficient (Wildman–Crippen LogP) is 2.91. The Labute approximate surface area is 225 Å². The summed E-state index contributed by atoms with van der Waals surface area (Å²) >= 11 is 0. The van der Waals surface area contributed by atoms with Crippen LogP contribution in [0.15, 0.2) is 59.8 Å². The van der Waals surface area contributed by atoms with Gasteiger partial charge in [0.1, 0.15) is 17.8 Å². The monoisotopic (exact) mass is 533 g/mol. The van der Waals surface area contributed by atoms with E-state index in [1.54, 1.807) is 30.2 Å². The summed E-state index contributed by atoms with van der Waals surface area (Å²) in [5.41, 5.74) is 8.74. The van der Waals surface area contributed by atoms with Gasteiger partial charge in [0.15, 0.2) is 5.84 Å². The number of aryl methyl sites for hydroxylation is 1. The topological polar surface area (TPSA) is 158 Å². The largest absolute Gasteiger partial charge is 0.496 e. The number of nitrogens with zero attached hydrogens (tertiary/aromatic N) is 3. The molecule has 2 atom stereocenters. The molecule has 0 saturated carbocycles. The number of fused-ring (bicyclic) bond motifs is 2. The van der Waals surface area contributed by atoms with Gasteiger partial charge in [0.25, 0.3) is 0 Å². The SMILES string of the molecule is COc1ccc2cc(/C(N)=N/O)ccc2c1CN1C(=O)[C@@H](NC(=O)[C@H](C)N(C)C(=O)O)CCc2ccccc21. The number of carboxylic acid groups (broad SMARTS) is 1. The van der Waals surface area contributed by atoms with E-state index in [1.165, 1.54) is 14.0 Å². The first-order chi connectivity index (χ1) is 18.7. The van der Waals surface area contributed by atoms with Gasteiger partial charge in [-0.2, -0.15) is 0 Å². The van der Waals surface area contributed by atoms with Crippen molar-refractivity contribution < 1.29 is 29.4 Å². The van der Waals surface area contributed by atoms with Crippen LogP contribution in [0.5, 0.6) is 5.75 Å². The van der Waals surface area contributed by atoms with Crippen molar-refractivity contribution >= 4 is 40.2 Å². The van der Waals surface area contributed by atoms with Crippen molar-refractivity contribution in [1.82, 2.24) is 10.2 Å². The molecule has 11 nitrogen and oxygen atoms in total. The van der Waals surface area contributed by atoms with Crippen LogP contribution in [0.3, 0.4) is 0 Å². The zero-order valence-electron chi connectivity index (χ0n) is 21.9. The number of carbonyl (C=O) groups excluding carboxylic acids is 2. The molecule has 4 rings (SSSR count). The van der Waals surface area contributed by atoms with Crippen LogP contribution in [0.4, 0.5) is 10.5 Å². The van der Waals surface area contributed by atoms with Crippen LogP contribution in [0, 0.1) is 0 Å². The Morgan fingerprint density at radius 3 is 2.67 bits per heavy atom. The zero-order chi connectivity index (χ0) is 28.3. The molecule has 0 fully saturated rings. The lowest BCUT2D eigenvalue weighted by atomic mass is 9.99. The van der Waals surface area contributed by atoms with Gasteiger partial charge in [0.2, 0.25) is 11.8 Å². The number of ether oxygens (including phenoxy) is 1. The second kappa shape index (κ2) is 11.3. The Hall–Kier alpha value is -4.80. The standard InChI is InChI=1S/C28H31N5O6/c1-16(32(2)28(36)37)26(34)30-22-12-9-17-6-4-5-7-23(17)33(27(22)35)15-21-20-11-8-19(25(29)31-38)14-18(20)10-13-24(21)39-3/h4-8,10-11,13-14,16,22,38H,9,12,15H2,1-3H3,(H2,29,31)(H,30,34)(H,36,37)/t16-,22-/m0/s1. The van der Waals surface area contributed by atoms with Crippen LogP contribution in [-0.4, -0.2) is 65.2 Å². The minimum atomic E-state index is -1.24. The smallest absolute Gasteiger partial charge is 0.407 e. The molecule has 11 heteroatoms. The number of oxime groups is 1. The summed E-state index contributed by atoms with van der Waals surface area (Å²) in [4.78, 5) is 40.7. The summed E-state index contributed by atoms with van der Waals surface area (Å²) in [7, 11) is 2.86. The Bertz CT molecular complexity index is 1460. The van der Waals surface area contributed by atoms with Gasteiger partial charge in [-0.05, 0) is 54.3 Å². The number of nitrogens with two attached hydrogens (primary N) is 1. The van der Waals surface area contributed by atoms with E-state index in [2.05, 4.69) is 10.5 Å². The minimum Gasteiger partial charge on any atom is -0.496 e. The highest BCUT2D eigenvalue weighted by Crippen LogP contribution is 2.34. The number of methoxy groups -OCH3 is 1. The molecule has 3 aromatic carbocycles. The highest BCUT2D eigenvalue weighted by Gasteiger charge is 2.34. The molecule has 1 aliphatic rings. The first-order valence-electron chi connectivity index (χ1n) is 12.4. The van der Waals surface area contributed by atoms with Gasteiger partial charge in [0, 0.05) is 23.9 Å². The van der Waals surface area contributed by atoms with Gasteiger partial charge in [-0.3, -0.25) is 14.5 Å². The summed E-state index contributed by atoms with van der Waals surface area (Å²) in [5.74, 6) is -0.313. The first-order valence-corrected chi connectivity index (χ1v) is 12.4. The summed E-state index contributed by atoms with van der Waals surface area (Å²) < 4.78 is 5.66. The first kappa shape index (κ1) is 27.2. The second-order valence-electron chi connectivity index (χ2n) is 9.39. The summed E-state index contributed by atoms with van der Waals surface area (Å²) in [6.07, 6.45) is -0.336. The molecule has 0 aromatic heterocycles. The Kier molecular flexibility index (Phi) is 7.89. The van der Waals surface area contributed by atoms with Crippen molar-refractivity contribution in [2.45, 2.75) is 38.4 Å². The number of rotatable bonds is 7.